The topological polar surface area (TPSA) is 78.3 Å². The molecule has 0 rings (SSSR count). The largest absolute Gasteiger partial charge is 0.459 e. The van der Waals surface area contributed by atoms with E-state index in [1.54, 1.807) is 0 Å². The van der Waals surface area contributed by atoms with Gasteiger partial charge < -0.3 is 16.2 Å². The van der Waals surface area contributed by atoms with E-state index in [1.807, 2.05) is 6.92 Å². The van der Waals surface area contributed by atoms with E-state index in [1.165, 1.54) is 6.08 Å². The minimum absolute atomic E-state index is 0.151. The van der Waals surface area contributed by atoms with Crippen LogP contribution in [0.4, 0.5) is 0 Å². The first-order valence-corrected chi connectivity index (χ1v) is 3.90. The number of hydrogen-bond acceptors (Lipinski definition) is 4. The number of rotatable bonds is 5. The first-order valence-electron chi connectivity index (χ1n) is 3.90. The third-order valence-electron chi connectivity index (χ3n) is 1.38. The van der Waals surface area contributed by atoms with Crippen molar-refractivity contribution in [1.82, 2.24) is 0 Å². The molecular weight excluding hydrogens is 156 g/mol. The second kappa shape index (κ2) is 4.90. The summed E-state index contributed by atoms with van der Waals surface area (Å²) in [6, 6.07) is 0. The highest BCUT2D eigenvalue weighted by molar-refractivity contribution is 5.79. The second-order valence-electron chi connectivity index (χ2n) is 2.68. The Kier molecular flexibility index (Phi) is 4.54. The standard InChI is InChI=1S/C8H16N2O2/c1-3-5-8(9,10)7(11)12-6-4-2/h4H,2-3,5-6,9-10H2,1H3. The predicted octanol–water partition coefficient (Wildman–Crippen LogP) is 0.129. The van der Waals surface area contributed by atoms with E-state index in [0.29, 0.717) is 6.42 Å². The molecule has 0 aliphatic heterocycles. The third-order valence-corrected chi connectivity index (χ3v) is 1.38. The van der Waals surface area contributed by atoms with E-state index >= 15 is 0 Å². The highest BCUT2D eigenvalue weighted by Crippen LogP contribution is 2.04. The van der Waals surface area contributed by atoms with Crippen molar-refractivity contribution in [1.29, 1.82) is 0 Å². The molecule has 0 aliphatic rings. The van der Waals surface area contributed by atoms with Gasteiger partial charge in [0.15, 0.2) is 5.66 Å². The lowest BCUT2D eigenvalue weighted by Gasteiger charge is -2.20. The zero-order valence-corrected chi connectivity index (χ0v) is 7.38. The maximum absolute atomic E-state index is 11.1. The van der Waals surface area contributed by atoms with E-state index in [-0.39, 0.29) is 6.61 Å². The van der Waals surface area contributed by atoms with Gasteiger partial charge in [0.1, 0.15) is 6.61 Å². The van der Waals surface area contributed by atoms with Crippen LogP contribution in [0.5, 0.6) is 0 Å². The van der Waals surface area contributed by atoms with Crippen LogP contribution >= 0.6 is 0 Å². The fourth-order valence-electron chi connectivity index (χ4n) is 0.785. The Balaban J connectivity index is 3.96. The van der Waals surface area contributed by atoms with Crippen molar-refractivity contribution in [2.75, 3.05) is 6.61 Å². The van der Waals surface area contributed by atoms with Gasteiger partial charge in [0.2, 0.25) is 0 Å². The van der Waals surface area contributed by atoms with Crippen LogP contribution < -0.4 is 11.5 Å². The Labute approximate surface area is 72.6 Å². The quantitative estimate of drug-likeness (QED) is 0.351. The van der Waals surface area contributed by atoms with Crippen LogP contribution in [0.25, 0.3) is 0 Å². The zero-order valence-electron chi connectivity index (χ0n) is 7.38. The number of hydrogen-bond donors (Lipinski definition) is 2. The average molecular weight is 172 g/mol. The minimum Gasteiger partial charge on any atom is -0.459 e. The van der Waals surface area contributed by atoms with E-state index in [0.717, 1.165) is 6.42 Å². The fourth-order valence-corrected chi connectivity index (χ4v) is 0.785. The van der Waals surface area contributed by atoms with Crippen LogP contribution in [-0.4, -0.2) is 18.2 Å². The summed E-state index contributed by atoms with van der Waals surface area (Å²) in [5, 5.41) is 0. The van der Waals surface area contributed by atoms with Crippen LogP contribution in [0.1, 0.15) is 19.8 Å². The molecule has 0 atom stereocenters. The highest BCUT2D eigenvalue weighted by Gasteiger charge is 2.29. The normalized spacial score (nSPS) is 10.9. The Morgan fingerprint density at radius 2 is 2.25 bits per heavy atom. The predicted molar refractivity (Wildman–Crippen MR) is 47.2 cm³/mol. The molecule has 4 N–H and O–H groups in total. The maximum Gasteiger partial charge on any atom is 0.341 e. The maximum atomic E-state index is 11.1. The van der Waals surface area contributed by atoms with Gasteiger partial charge in [-0.25, -0.2) is 4.79 Å². The SMILES string of the molecule is C=CCOC(=O)C(N)(N)CCC. The third kappa shape index (κ3) is 3.50. The summed E-state index contributed by atoms with van der Waals surface area (Å²) in [6.07, 6.45) is 2.64. The summed E-state index contributed by atoms with van der Waals surface area (Å²) in [7, 11) is 0. The van der Waals surface area contributed by atoms with Gasteiger partial charge in [0.05, 0.1) is 0 Å². The molecule has 0 heterocycles. The molecule has 0 radical (unpaired) electrons. The summed E-state index contributed by atoms with van der Waals surface area (Å²) in [6.45, 7) is 5.45. The van der Waals surface area contributed by atoms with Gasteiger partial charge in [-0.3, -0.25) is 0 Å². The zero-order chi connectivity index (χ0) is 9.61. The van der Waals surface area contributed by atoms with E-state index in [4.69, 9.17) is 16.2 Å². The summed E-state index contributed by atoms with van der Waals surface area (Å²) in [4.78, 5) is 11.1. The van der Waals surface area contributed by atoms with Crippen molar-refractivity contribution in [3.8, 4) is 0 Å². The molecular formula is C8H16N2O2. The Morgan fingerprint density at radius 1 is 1.67 bits per heavy atom. The molecule has 12 heavy (non-hydrogen) atoms. The van der Waals surface area contributed by atoms with Crippen molar-refractivity contribution in [3.05, 3.63) is 12.7 Å². The number of nitrogens with two attached hydrogens (primary N) is 2. The molecule has 0 unspecified atom stereocenters. The summed E-state index contributed by atoms with van der Waals surface area (Å²) < 4.78 is 4.70. The van der Waals surface area contributed by atoms with Crippen molar-refractivity contribution >= 4 is 5.97 Å². The first-order chi connectivity index (χ1) is 5.54. The Morgan fingerprint density at radius 3 is 2.67 bits per heavy atom. The van der Waals surface area contributed by atoms with Crippen molar-refractivity contribution in [3.63, 3.8) is 0 Å². The molecule has 0 amide bonds. The molecule has 0 saturated heterocycles. The van der Waals surface area contributed by atoms with Crippen LogP contribution in [0.2, 0.25) is 0 Å². The number of esters is 1. The number of carbonyl (C=O) groups excluding carboxylic acids is 1. The molecule has 0 aromatic rings. The smallest absolute Gasteiger partial charge is 0.341 e. The van der Waals surface area contributed by atoms with Crippen LogP contribution in [0.15, 0.2) is 12.7 Å². The molecule has 0 aromatic heterocycles. The van der Waals surface area contributed by atoms with Gasteiger partial charge in [-0.2, -0.15) is 0 Å². The Hall–Kier alpha value is -0.870. The molecule has 0 aliphatic carbocycles. The summed E-state index contributed by atoms with van der Waals surface area (Å²) >= 11 is 0. The average Bonchev–Trinajstić information content (AvgIpc) is 2.00. The molecule has 70 valence electrons. The molecule has 4 nitrogen and oxygen atoms in total. The van der Waals surface area contributed by atoms with E-state index in [2.05, 4.69) is 6.58 Å². The monoisotopic (exact) mass is 172 g/mol. The number of carbonyl (C=O) groups is 1. The van der Waals surface area contributed by atoms with Gasteiger partial charge >= 0.3 is 5.97 Å². The van der Waals surface area contributed by atoms with Crippen LogP contribution in [0.3, 0.4) is 0 Å². The number of ether oxygens (including phenoxy) is 1. The van der Waals surface area contributed by atoms with Crippen LogP contribution in [-0.2, 0) is 9.53 Å². The second-order valence-corrected chi connectivity index (χ2v) is 2.68. The molecule has 0 saturated carbocycles. The molecule has 0 aromatic carbocycles. The van der Waals surface area contributed by atoms with Crippen molar-refractivity contribution in [2.45, 2.75) is 25.4 Å². The van der Waals surface area contributed by atoms with E-state index < -0.39 is 11.6 Å². The lowest BCUT2D eigenvalue weighted by atomic mass is 10.1. The van der Waals surface area contributed by atoms with Gasteiger partial charge in [-0.05, 0) is 6.42 Å². The lowest BCUT2D eigenvalue weighted by Crippen LogP contribution is -2.57. The van der Waals surface area contributed by atoms with Crippen molar-refractivity contribution in [2.24, 2.45) is 11.5 Å². The van der Waals surface area contributed by atoms with Gasteiger partial charge in [-0.1, -0.05) is 26.0 Å². The van der Waals surface area contributed by atoms with E-state index in [9.17, 15) is 4.79 Å². The van der Waals surface area contributed by atoms with Gasteiger partial charge in [0.25, 0.3) is 0 Å². The first kappa shape index (κ1) is 11.1. The molecule has 0 bridgehead atoms. The molecule has 0 spiro atoms. The Bertz CT molecular complexity index is 166. The lowest BCUT2D eigenvalue weighted by molar-refractivity contribution is -0.149. The minimum atomic E-state index is -1.35. The van der Waals surface area contributed by atoms with Crippen molar-refractivity contribution < 1.29 is 9.53 Å². The fraction of sp³-hybridized carbons (Fsp3) is 0.625. The molecule has 4 heteroatoms. The summed E-state index contributed by atoms with van der Waals surface area (Å²) in [5.74, 6) is -0.579. The van der Waals surface area contributed by atoms with Gasteiger partial charge in [0, 0.05) is 0 Å². The summed E-state index contributed by atoms with van der Waals surface area (Å²) in [5.41, 5.74) is 9.61. The molecule has 0 fully saturated rings. The highest BCUT2D eigenvalue weighted by atomic mass is 16.5. The van der Waals surface area contributed by atoms with Gasteiger partial charge in [-0.15, -0.1) is 0 Å². The van der Waals surface area contributed by atoms with Crippen LogP contribution in [0, 0.1) is 0 Å².